The summed E-state index contributed by atoms with van der Waals surface area (Å²) < 4.78 is 1.89. The predicted octanol–water partition coefficient (Wildman–Crippen LogP) is -0.914. The third-order valence-corrected chi connectivity index (χ3v) is 7.93. The molecule has 0 bridgehead atoms. The topological polar surface area (TPSA) is 190 Å². The number of para-hydroxylation sites is 2. The van der Waals surface area contributed by atoms with Crippen molar-refractivity contribution in [3.63, 3.8) is 0 Å². The van der Waals surface area contributed by atoms with Crippen LogP contribution in [0.5, 0.6) is 0 Å². The monoisotopic (exact) mass is 522 g/mol. The zero-order valence-corrected chi connectivity index (χ0v) is 21.6. The van der Waals surface area contributed by atoms with E-state index in [1.807, 2.05) is 28.8 Å². The molecule has 1 aromatic carbocycles. The molecule has 3 saturated heterocycles. The molecule has 2 aromatic heterocycles. The van der Waals surface area contributed by atoms with Crippen LogP contribution in [-0.4, -0.2) is 87.9 Å². The molecule has 3 aliphatic heterocycles. The molecule has 0 radical (unpaired) electrons. The number of nitrogens with two attached hydrogens (primary N) is 4. The van der Waals surface area contributed by atoms with Crippen molar-refractivity contribution < 1.29 is 0 Å². The summed E-state index contributed by atoms with van der Waals surface area (Å²) >= 11 is 0. The smallest absolute Gasteiger partial charge is 0.326 e. The molecule has 3 aliphatic rings. The van der Waals surface area contributed by atoms with E-state index in [0.29, 0.717) is 44.0 Å². The molecule has 0 unspecified atom stereocenters. The van der Waals surface area contributed by atoms with E-state index in [0.717, 1.165) is 49.8 Å². The predicted molar refractivity (Wildman–Crippen MR) is 148 cm³/mol. The second-order valence-corrected chi connectivity index (χ2v) is 11.1. The van der Waals surface area contributed by atoms with E-state index < -0.39 is 0 Å². The number of aromatic nitrogens is 5. The SMILES string of the molecule is N[C@@H]1C[C@H](N)CN(c2nc(N3CCC(n4c(=O)[nH]c5ccccc54)CC3)nc(N3C[C@H](N)C[C@H](N)C3)n2)C1. The van der Waals surface area contributed by atoms with Gasteiger partial charge in [0.05, 0.1) is 11.0 Å². The second-order valence-electron chi connectivity index (χ2n) is 11.1. The first-order valence-corrected chi connectivity index (χ1v) is 13.6. The summed E-state index contributed by atoms with van der Waals surface area (Å²) in [6, 6.07) is 7.78. The number of aromatic amines is 1. The van der Waals surface area contributed by atoms with Crippen LogP contribution in [-0.2, 0) is 0 Å². The summed E-state index contributed by atoms with van der Waals surface area (Å²) in [6.07, 6.45) is 3.16. The molecular weight excluding hydrogens is 484 g/mol. The molecule has 3 aromatic rings. The summed E-state index contributed by atoms with van der Waals surface area (Å²) in [4.78, 5) is 36.7. The van der Waals surface area contributed by atoms with Crippen LogP contribution in [0, 0.1) is 0 Å². The van der Waals surface area contributed by atoms with Crippen LogP contribution in [0.4, 0.5) is 17.8 Å². The number of piperidine rings is 3. The lowest BCUT2D eigenvalue weighted by atomic mass is 10.0. The van der Waals surface area contributed by atoms with Crippen LogP contribution in [0.1, 0.15) is 31.7 Å². The Morgan fingerprint density at radius 2 is 1.18 bits per heavy atom. The van der Waals surface area contributed by atoms with E-state index >= 15 is 0 Å². The number of rotatable bonds is 4. The van der Waals surface area contributed by atoms with Crippen molar-refractivity contribution in [2.75, 3.05) is 54.0 Å². The van der Waals surface area contributed by atoms with Crippen molar-refractivity contribution in [1.82, 2.24) is 24.5 Å². The number of nitrogens with zero attached hydrogens (tertiary/aromatic N) is 7. The van der Waals surface area contributed by atoms with Crippen LogP contribution < -0.4 is 43.3 Å². The average molecular weight is 523 g/mol. The molecule has 4 atom stereocenters. The van der Waals surface area contributed by atoms with Gasteiger partial charge < -0.3 is 42.6 Å². The lowest BCUT2D eigenvalue weighted by molar-refractivity contribution is 0.393. The van der Waals surface area contributed by atoms with E-state index in [4.69, 9.17) is 37.9 Å². The Hall–Kier alpha value is -3.26. The Kier molecular flexibility index (Phi) is 6.68. The number of benzene rings is 1. The first-order chi connectivity index (χ1) is 18.3. The number of nitrogens with one attached hydrogen (secondary N) is 1. The largest absolute Gasteiger partial charge is 0.340 e. The molecule has 9 N–H and O–H groups in total. The zero-order chi connectivity index (χ0) is 26.4. The Balaban J connectivity index is 1.28. The minimum atomic E-state index is -0.0649. The van der Waals surface area contributed by atoms with Gasteiger partial charge >= 0.3 is 5.69 Å². The first-order valence-electron chi connectivity index (χ1n) is 13.6. The van der Waals surface area contributed by atoms with E-state index in [2.05, 4.69) is 19.7 Å². The van der Waals surface area contributed by atoms with Crippen molar-refractivity contribution >= 4 is 28.9 Å². The Bertz CT molecular complexity index is 1270. The lowest BCUT2D eigenvalue weighted by Crippen LogP contribution is -2.54. The van der Waals surface area contributed by atoms with Crippen LogP contribution in [0.2, 0.25) is 0 Å². The number of H-pyrrole nitrogens is 1. The Morgan fingerprint density at radius 1 is 0.711 bits per heavy atom. The van der Waals surface area contributed by atoms with Gasteiger partial charge in [-0.25, -0.2) is 4.79 Å². The number of imidazole rings is 1. The summed E-state index contributed by atoms with van der Waals surface area (Å²) in [6.45, 7) is 4.00. The number of hydrogen-bond acceptors (Lipinski definition) is 11. The van der Waals surface area contributed by atoms with Crippen LogP contribution in [0.25, 0.3) is 11.0 Å². The first kappa shape index (κ1) is 25.0. The Morgan fingerprint density at radius 3 is 1.71 bits per heavy atom. The molecule has 6 rings (SSSR count). The summed E-state index contributed by atoms with van der Waals surface area (Å²) in [5, 5.41) is 0. The van der Waals surface area contributed by atoms with E-state index in [1.165, 1.54) is 0 Å². The zero-order valence-electron chi connectivity index (χ0n) is 21.6. The molecule has 13 nitrogen and oxygen atoms in total. The molecule has 13 heteroatoms. The second kappa shape index (κ2) is 10.1. The van der Waals surface area contributed by atoms with Gasteiger partial charge in [0.1, 0.15) is 0 Å². The molecule has 3 fully saturated rings. The standard InChI is InChI=1S/C25H38N12O/c26-15-9-16(27)12-35(11-15)23-31-22(32-24(33-23)36-13-17(28)10-18(29)14-36)34-7-5-19(6-8-34)37-21-4-2-1-3-20(21)30-25(37)38/h1-4,15-19H,5-14,26-29H2,(H,30,38)/t15-,16+,17-,18+. The van der Waals surface area contributed by atoms with Crippen molar-refractivity contribution in [3.05, 3.63) is 34.7 Å². The van der Waals surface area contributed by atoms with Gasteiger partial charge in [0.25, 0.3) is 0 Å². The third kappa shape index (κ3) is 4.94. The Labute approximate surface area is 221 Å². The van der Waals surface area contributed by atoms with Gasteiger partial charge in [0, 0.05) is 69.5 Å². The van der Waals surface area contributed by atoms with Gasteiger partial charge in [-0.1, -0.05) is 12.1 Å². The van der Waals surface area contributed by atoms with E-state index in [-0.39, 0.29) is 35.9 Å². The van der Waals surface area contributed by atoms with Gasteiger partial charge in [-0.05, 0) is 37.8 Å². The molecule has 0 amide bonds. The number of fused-ring (bicyclic) bond motifs is 1. The maximum atomic E-state index is 12.7. The minimum Gasteiger partial charge on any atom is -0.340 e. The quantitative estimate of drug-likeness (QED) is 0.285. The van der Waals surface area contributed by atoms with E-state index in [9.17, 15) is 4.79 Å². The third-order valence-electron chi connectivity index (χ3n) is 7.93. The molecule has 5 heterocycles. The van der Waals surface area contributed by atoms with Crippen LogP contribution in [0.15, 0.2) is 29.1 Å². The highest BCUT2D eigenvalue weighted by molar-refractivity contribution is 5.75. The fourth-order valence-corrected chi connectivity index (χ4v) is 6.21. The van der Waals surface area contributed by atoms with Crippen molar-refractivity contribution in [2.24, 2.45) is 22.9 Å². The summed E-state index contributed by atoms with van der Waals surface area (Å²) in [5.41, 5.74) is 26.9. The van der Waals surface area contributed by atoms with Gasteiger partial charge in [0.15, 0.2) is 0 Å². The number of anilines is 3. The molecule has 0 aliphatic carbocycles. The van der Waals surface area contributed by atoms with Crippen molar-refractivity contribution in [3.8, 4) is 0 Å². The fraction of sp³-hybridized carbons (Fsp3) is 0.600. The maximum absolute atomic E-state index is 12.7. The average Bonchev–Trinajstić information content (AvgIpc) is 3.23. The van der Waals surface area contributed by atoms with Gasteiger partial charge in [0.2, 0.25) is 17.8 Å². The van der Waals surface area contributed by atoms with Crippen molar-refractivity contribution in [2.45, 2.75) is 55.9 Å². The highest BCUT2D eigenvalue weighted by atomic mass is 16.1. The normalized spacial score (nSPS) is 27.3. The summed E-state index contributed by atoms with van der Waals surface area (Å²) in [7, 11) is 0. The maximum Gasteiger partial charge on any atom is 0.326 e. The molecular formula is C25H38N12O. The van der Waals surface area contributed by atoms with E-state index in [1.54, 1.807) is 0 Å². The van der Waals surface area contributed by atoms with Gasteiger partial charge in [-0.2, -0.15) is 15.0 Å². The lowest BCUT2D eigenvalue weighted by Gasteiger charge is -2.38. The van der Waals surface area contributed by atoms with Gasteiger partial charge in [-0.15, -0.1) is 0 Å². The molecule has 0 saturated carbocycles. The fourth-order valence-electron chi connectivity index (χ4n) is 6.21. The number of hydrogen-bond donors (Lipinski definition) is 5. The van der Waals surface area contributed by atoms with Gasteiger partial charge in [-0.3, -0.25) is 4.57 Å². The van der Waals surface area contributed by atoms with Crippen LogP contribution >= 0.6 is 0 Å². The molecule has 38 heavy (non-hydrogen) atoms. The highest BCUT2D eigenvalue weighted by Crippen LogP contribution is 2.29. The van der Waals surface area contributed by atoms with Crippen molar-refractivity contribution in [1.29, 1.82) is 0 Å². The summed E-state index contributed by atoms with van der Waals surface area (Å²) in [5.74, 6) is 1.78. The highest BCUT2D eigenvalue weighted by Gasteiger charge is 2.31. The minimum absolute atomic E-state index is 0.0375. The molecule has 204 valence electrons. The molecule has 0 spiro atoms. The van der Waals surface area contributed by atoms with Crippen LogP contribution in [0.3, 0.4) is 0 Å².